The zero-order valence-electron chi connectivity index (χ0n) is 14.4. The first-order valence-corrected chi connectivity index (χ1v) is 8.27. The highest BCUT2D eigenvalue weighted by Gasteiger charge is 2.13. The summed E-state index contributed by atoms with van der Waals surface area (Å²) in [5.74, 6) is 6.28. The van der Waals surface area contributed by atoms with Crippen LogP contribution in [0.4, 0.5) is 14.6 Å². The fraction of sp³-hybridized carbons (Fsp3) is 0.143. The average molecular weight is 365 g/mol. The Labute approximate surface area is 156 Å². The van der Waals surface area contributed by atoms with Crippen LogP contribution in [0.15, 0.2) is 60.8 Å². The number of aromatic nitrogens is 2. The smallest absolute Gasteiger partial charge is 0.281 e. The highest BCUT2D eigenvalue weighted by Crippen LogP contribution is 2.21. The average Bonchev–Trinajstić information content (AvgIpc) is 2.69. The molecular formula is C21H17F2N3O. The number of nitrogen functional groups attached to an aromatic ring is 1. The van der Waals surface area contributed by atoms with Crippen LogP contribution < -0.4 is 10.5 Å². The standard InChI is InChI=1S/C21H17F2N3O/c22-21(23)20-17(11-12-18(24)26-20)5-3-4-15-7-9-16(10-8-15)14-27-19-6-1-2-13-25-19/h1-2,6-13,21H,4,14H2,(H2,24,26). The number of pyridine rings is 2. The SMILES string of the molecule is Nc1ccc(C#CCc2ccc(COc3ccccn3)cc2)c(C(F)F)n1. The first-order valence-electron chi connectivity index (χ1n) is 8.27. The minimum Gasteiger partial charge on any atom is -0.473 e. The molecule has 2 N–H and O–H groups in total. The van der Waals surface area contributed by atoms with Crippen molar-refractivity contribution in [1.82, 2.24) is 9.97 Å². The van der Waals surface area contributed by atoms with Crippen molar-refractivity contribution < 1.29 is 13.5 Å². The number of hydrogen-bond donors (Lipinski definition) is 1. The van der Waals surface area contributed by atoms with Crippen LogP contribution in [0, 0.1) is 11.8 Å². The van der Waals surface area contributed by atoms with E-state index in [0.29, 0.717) is 18.9 Å². The number of rotatable bonds is 5. The van der Waals surface area contributed by atoms with Crippen molar-refractivity contribution in [3.05, 3.63) is 83.2 Å². The van der Waals surface area contributed by atoms with Crippen LogP contribution in [0.1, 0.15) is 28.8 Å². The van der Waals surface area contributed by atoms with E-state index in [0.717, 1.165) is 11.1 Å². The van der Waals surface area contributed by atoms with Gasteiger partial charge in [0.2, 0.25) is 5.88 Å². The normalized spacial score (nSPS) is 10.3. The molecule has 136 valence electrons. The van der Waals surface area contributed by atoms with Crippen molar-refractivity contribution in [3.63, 3.8) is 0 Å². The maximum absolute atomic E-state index is 13.0. The van der Waals surface area contributed by atoms with Crippen LogP contribution in [0.25, 0.3) is 0 Å². The molecule has 6 heteroatoms. The van der Waals surface area contributed by atoms with E-state index in [9.17, 15) is 8.78 Å². The highest BCUT2D eigenvalue weighted by atomic mass is 19.3. The summed E-state index contributed by atoms with van der Waals surface area (Å²) in [7, 11) is 0. The Hall–Kier alpha value is -3.46. The lowest BCUT2D eigenvalue weighted by molar-refractivity contribution is 0.146. The largest absolute Gasteiger partial charge is 0.473 e. The number of nitrogens with two attached hydrogens (primary N) is 1. The maximum Gasteiger partial charge on any atom is 0.281 e. The number of halogens is 2. The fourth-order valence-electron chi connectivity index (χ4n) is 2.35. The van der Waals surface area contributed by atoms with Crippen molar-refractivity contribution in [2.24, 2.45) is 0 Å². The van der Waals surface area contributed by atoms with E-state index < -0.39 is 6.43 Å². The molecule has 27 heavy (non-hydrogen) atoms. The molecule has 0 saturated heterocycles. The molecule has 0 aliphatic rings. The Morgan fingerprint density at radius 3 is 2.48 bits per heavy atom. The molecule has 4 nitrogen and oxygen atoms in total. The molecule has 0 unspecified atom stereocenters. The Kier molecular flexibility index (Phi) is 5.95. The van der Waals surface area contributed by atoms with Crippen molar-refractivity contribution >= 4 is 5.82 Å². The highest BCUT2D eigenvalue weighted by molar-refractivity contribution is 5.44. The van der Waals surface area contributed by atoms with Gasteiger partial charge < -0.3 is 10.5 Å². The lowest BCUT2D eigenvalue weighted by Crippen LogP contribution is -1.99. The molecule has 0 atom stereocenters. The summed E-state index contributed by atoms with van der Waals surface area (Å²) < 4.78 is 31.6. The van der Waals surface area contributed by atoms with Gasteiger partial charge in [0.1, 0.15) is 18.1 Å². The van der Waals surface area contributed by atoms with Crippen molar-refractivity contribution in [2.45, 2.75) is 19.5 Å². The number of nitrogens with zero attached hydrogens (tertiary/aromatic N) is 2. The van der Waals surface area contributed by atoms with Gasteiger partial charge in [-0.2, -0.15) is 0 Å². The molecule has 0 fully saturated rings. The topological polar surface area (TPSA) is 61.0 Å². The van der Waals surface area contributed by atoms with E-state index in [4.69, 9.17) is 10.5 Å². The van der Waals surface area contributed by atoms with E-state index >= 15 is 0 Å². The van der Waals surface area contributed by atoms with Gasteiger partial charge >= 0.3 is 0 Å². The number of alkyl halides is 2. The maximum atomic E-state index is 13.0. The molecule has 0 spiro atoms. The van der Waals surface area contributed by atoms with Gasteiger partial charge in [-0.25, -0.2) is 18.7 Å². The summed E-state index contributed by atoms with van der Waals surface area (Å²) >= 11 is 0. The van der Waals surface area contributed by atoms with Crippen LogP contribution in [0.2, 0.25) is 0 Å². The first-order chi connectivity index (χ1) is 13.1. The Bertz CT molecular complexity index is 949. The van der Waals surface area contributed by atoms with Crippen LogP contribution in [-0.4, -0.2) is 9.97 Å². The molecular weight excluding hydrogens is 348 g/mol. The number of hydrogen-bond acceptors (Lipinski definition) is 4. The number of anilines is 1. The molecule has 0 aliphatic heterocycles. The Morgan fingerprint density at radius 1 is 1.00 bits per heavy atom. The van der Waals surface area contributed by atoms with Gasteiger partial charge in [-0.05, 0) is 29.3 Å². The summed E-state index contributed by atoms with van der Waals surface area (Å²) in [6.07, 6.45) is -0.599. The van der Waals surface area contributed by atoms with E-state index in [1.54, 1.807) is 12.3 Å². The van der Waals surface area contributed by atoms with Gasteiger partial charge in [0, 0.05) is 18.7 Å². The van der Waals surface area contributed by atoms with Crippen LogP contribution in [-0.2, 0) is 13.0 Å². The summed E-state index contributed by atoms with van der Waals surface area (Å²) in [5.41, 5.74) is 7.24. The molecule has 1 aromatic carbocycles. The number of benzene rings is 1. The summed E-state index contributed by atoms with van der Waals surface area (Å²) in [4.78, 5) is 7.76. The van der Waals surface area contributed by atoms with E-state index in [1.807, 2.05) is 36.4 Å². The van der Waals surface area contributed by atoms with Crippen molar-refractivity contribution in [1.29, 1.82) is 0 Å². The third kappa shape index (κ3) is 5.25. The summed E-state index contributed by atoms with van der Waals surface area (Å²) in [6, 6.07) is 16.2. The van der Waals surface area contributed by atoms with Gasteiger partial charge in [-0.1, -0.05) is 42.2 Å². The second kappa shape index (κ2) is 8.77. The van der Waals surface area contributed by atoms with Gasteiger partial charge in [0.25, 0.3) is 6.43 Å². The molecule has 3 aromatic rings. The molecule has 0 bridgehead atoms. The van der Waals surface area contributed by atoms with Gasteiger partial charge in [0.05, 0.1) is 5.56 Å². The molecule has 3 rings (SSSR count). The first kappa shape index (κ1) is 18.3. The van der Waals surface area contributed by atoms with E-state index in [2.05, 4.69) is 21.8 Å². The molecule has 0 amide bonds. The zero-order valence-corrected chi connectivity index (χ0v) is 14.4. The lowest BCUT2D eigenvalue weighted by Gasteiger charge is -2.05. The van der Waals surface area contributed by atoms with Crippen LogP contribution in [0.5, 0.6) is 5.88 Å². The molecule has 0 saturated carbocycles. The molecule has 2 heterocycles. The van der Waals surface area contributed by atoms with Crippen LogP contribution >= 0.6 is 0 Å². The Morgan fingerprint density at radius 2 is 1.78 bits per heavy atom. The minimum absolute atomic E-state index is 0.0550. The van der Waals surface area contributed by atoms with Gasteiger partial charge in [-0.15, -0.1) is 0 Å². The molecule has 2 aromatic heterocycles. The fourth-order valence-corrected chi connectivity index (χ4v) is 2.35. The third-order valence-corrected chi connectivity index (χ3v) is 3.72. The second-order valence-electron chi connectivity index (χ2n) is 5.72. The second-order valence-corrected chi connectivity index (χ2v) is 5.72. The summed E-state index contributed by atoms with van der Waals surface area (Å²) in [6.45, 7) is 0.415. The monoisotopic (exact) mass is 365 g/mol. The summed E-state index contributed by atoms with van der Waals surface area (Å²) in [5, 5.41) is 0. The van der Waals surface area contributed by atoms with Crippen molar-refractivity contribution in [2.75, 3.05) is 5.73 Å². The predicted molar refractivity (Wildman–Crippen MR) is 99.2 cm³/mol. The lowest BCUT2D eigenvalue weighted by atomic mass is 10.1. The molecule has 0 aliphatic carbocycles. The van der Waals surface area contributed by atoms with Crippen molar-refractivity contribution in [3.8, 4) is 17.7 Å². The van der Waals surface area contributed by atoms with Gasteiger partial charge in [-0.3, -0.25) is 0 Å². The zero-order chi connectivity index (χ0) is 19.1. The van der Waals surface area contributed by atoms with E-state index in [1.165, 1.54) is 12.1 Å². The molecule has 0 radical (unpaired) electrons. The third-order valence-electron chi connectivity index (χ3n) is 3.72. The van der Waals surface area contributed by atoms with Crippen LogP contribution in [0.3, 0.4) is 0 Å². The number of ether oxygens (including phenoxy) is 1. The quantitative estimate of drug-likeness (QED) is 0.690. The Balaban J connectivity index is 1.61. The minimum atomic E-state index is -2.71. The van der Waals surface area contributed by atoms with Gasteiger partial charge in [0.15, 0.2) is 0 Å². The predicted octanol–water partition coefficient (Wildman–Crippen LogP) is 4.17. The van der Waals surface area contributed by atoms with E-state index in [-0.39, 0.29) is 17.1 Å².